The summed E-state index contributed by atoms with van der Waals surface area (Å²) in [5.74, 6) is -1.40. The molecule has 0 radical (unpaired) electrons. The zero-order valence-corrected chi connectivity index (χ0v) is 15.5. The standard InChI is InChI=1S/C17H22N2O6S/c1-3-17(2)15(21)19(16(22)18-17)12-14(20)25-10-7-11-26(23,24)13-8-5-4-6-9-13/h4-6,8-9H,3,7,10-12H2,1-2H3,(H,18,22). The molecule has 1 saturated heterocycles. The lowest BCUT2D eigenvalue weighted by atomic mass is 9.99. The van der Waals surface area contributed by atoms with Crippen molar-refractivity contribution >= 4 is 27.7 Å². The molecule has 1 aliphatic rings. The lowest BCUT2D eigenvalue weighted by Crippen LogP contribution is -2.43. The zero-order chi connectivity index (χ0) is 19.4. The largest absolute Gasteiger partial charge is 0.464 e. The van der Waals surface area contributed by atoms with E-state index in [2.05, 4.69) is 5.32 Å². The molecule has 1 fully saturated rings. The number of carbonyl (C=O) groups is 3. The van der Waals surface area contributed by atoms with Crippen LogP contribution in [0, 0.1) is 0 Å². The van der Waals surface area contributed by atoms with Crippen molar-refractivity contribution in [2.24, 2.45) is 0 Å². The number of urea groups is 1. The van der Waals surface area contributed by atoms with Crippen LogP contribution in [0.1, 0.15) is 26.7 Å². The third-order valence-electron chi connectivity index (χ3n) is 4.26. The molecule has 0 spiro atoms. The molecule has 0 aromatic heterocycles. The van der Waals surface area contributed by atoms with Gasteiger partial charge >= 0.3 is 12.0 Å². The molecule has 142 valence electrons. The van der Waals surface area contributed by atoms with E-state index in [0.717, 1.165) is 4.90 Å². The molecule has 0 bridgehead atoms. The molecule has 1 aliphatic heterocycles. The van der Waals surface area contributed by atoms with Crippen LogP contribution in [0.25, 0.3) is 0 Å². The van der Waals surface area contributed by atoms with Gasteiger partial charge in [0.1, 0.15) is 12.1 Å². The molecule has 1 heterocycles. The number of ether oxygens (including phenoxy) is 1. The Morgan fingerprint density at radius 3 is 2.46 bits per heavy atom. The third kappa shape index (κ3) is 4.40. The summed E-state index contributed by atoms with van der Waals surface area (Å²) in [7, 11) is -3.44. The van der Waals surface area contributed by atoms with E-state index < -0.39 is 39.8 Å². The van der Waals surface area contributed by atoms with E-state index >= 15 is 0 Å². The van der Waals surface area contributed by atoms with Gasteiger partial charge < -0.3 is 10.1 Å². The average molecular weight is 382 g/mol. The van der Waals surface area contributed by atoms with Gasteiger partial charge in [-0.05, 0) is 31.9 Å². The molecular formula is C17H22N2O6S. The van der Waals surface area contributed by atoms with Crippen molar-refractivity contribution in [3.8, 4) is 0 Å². The molecule has 1 aromatic carbocycles. The van der Waals surface area contributed by atoms with E-state index in [9.17, 15) is 22.8 Å². The van der Waals surface area contributed by atoms with E-state index in [1.54, 1.807) is 32.0 Å². The maximum Gasteiger partial charge on any atom is 0.326 e. The first-order chi connectivity index (χ1) is 12.2. The normalized spacial score (nSPS) is 20.2. The van der Waals surface area contributed by atoms with Gasteiger partial charge in [-0.25, -0.2) is 13.2 Å². The Bertz CT molecular complexity index is 793. The summed E-state index contributed by atoms with van der Waals surface area (Å²) in [6, 6.07) is 7.36. The van der Waals surface area contributed by atoms with Gasteiger partial charge in [-0.3, -0.25) is 14.5 Å². The van der Waals surface area contributed by atoms with Crippen molar-refractivity contribution in [1.29, 1.82) is 0 Å². The van der Waals surface area contributed by atoms with E-state index in [-0.39, 0.29) is 23.7 Å². The minimum absolute atomic E-state index is 0.112. The monoisotopic (exact) mass is 382 g/mol. The second-order valence-corrected chi connectivity index (χ2v) is 8.32. The fourth-order valence-corrected chi connectivity index (χ4v) is 3.79. The summed E-state index contributed by atoms with van der Waals surface area (Å²) in [5.41, 5.74) is -1.01. The number of imide groups is 1. The Morgan fingerprint density at radius 2 is 1.88 bits per heavy atom. The lowest BCUT2D eigenvalue weighted by Gasteiger charge is -2.18. The van der Waals surface area contributed by atoms with Crippen LogP contribution in [-0.2, 0) is 24.2 Å². The molecule has 0 saturated carbocycles. The quantitative estimate of drug-likeness (QED) is 0.410. The van der Waals surface area contributed by atoms with Crippen molar-refractivity contribution < 1.29 is 27.5 Å². The highest BCUT2D eigenvalue weighted by Gasteiger charge is 2.47. The van der Waals surface area contributed by atoms with Gasteiger partial charge in [0, 0.05) is 0 Å². The Balaban J connectivity index is 1.79. The van der Waals surface area contributed by atoms with Crippen LogP contribution >= 0.6 is 0 Å². The second-order valence-electron chi connectivity index (χ2n) is 6.21. The SMILES string of the molecule is CCC1(C)NC(=O)N(CC(=O)OCCCS(=O)(=O)c2ccccc2)C1=O. The van der Waals surface area contributed by atoms with Crippen LogP contribution in [0.5, 0.6) is 0 Å². The van der Waals surface area contributed by atoms with Gasteiger partial charge in [-0.15, -0.1) is 0 Å². The summed E-state index contributed by atoms with van der Waals surface area (Å²) in [5, 5.41) is 2.54. The first-order valence-corrected chi connectivity index (χ1v) is 9.92. The van der Waals surface area contributed by atoms with Crippen LogP contribution in [0.3, 0.4) is 0 Å². The van der Waals surface area contributed by atoms with Crippen molar-refractivity contribution in [3.63, 3.8) is 0 Å². The molecule has 0 aliphatic carbocycles. The Hall–Kier alpha value is -2.42. The lowest BCUT2D eigenvalue weighted by molar-refractivity contribution is -0.147. The van der Waals surface area contributed by atoms with Crippen molar-refractivity contribution in [1.82, 2.24) is 10.2 Å². The van der Waals surface area contributed by atoms with Gasteiger partial charge in [-0.1, -0.05) is 25.1 Å². The van der Waals surface area contributed by atoms with E-state index in [1.165, 1.54) is 12.1 Å². The summed E-state index contributed by atoms with van der Waals surface area (Å²) in [6.45, 7) is 2.74. The molecule has 8 nitrogen and oxygen atoms in total. The van der Waals surface area contributed by atoms with Crippen molar-refractivity contribution in [2.45, 2.75) is 37.1 Å². The molecule has 26 heavy (non-hydrogen) atoms. The number of esters is 1. The number of hydrogen-bond donors (Lipinski definition) is 1. The molecule has 1 atom stereocenters. The van der Waals surface area contributed by atoms with Crippen LogP contribution in [-0.4, -0.2) is 55.7 Å². The van der Waals surface area contributed by atoms with Crippen LogP contribution < -0.4 is 5.32 Å². The van der Waals surface area contributed by atoms with Gasteiger partial charge in [-0.2, -0.15) is 0 Å². The smallest absolute Gasteiger partial charge is 0.326 e. The number of benzene rings is 1. The van der Waals surface area contributed by atoms with Gasteiger partial charge in [0.15, 0.2) is 9.84 Å². The minimum atomic E-state index is -3.44. The Kier molecular flexibility index (Phi) is 6.01. The molecule has 1 N–H and O–H groups in total. The highest BCUT2D eigenvalue weighted by Crippen LogP contribution is 2.20. The van der Waals surface area contributed by atoms with Crippen LogP contribution in [0.15, 0.2) is 35.2 Å². The van der Waals surface area contributed by atoms with Crippen molar-refractivity contribution in [3.05, 3.63) is 30.3 Å². The summed E-state index contributed by atoms with van der Waals surface area (Å²) in [6.07, 6.45) is 0.524. The van der Waals surface area contributed by atoms with E-state index in [0.29, 0.717) is 6.42 Å². The minimum Gasteiger partial charge on any atom is -0.464 e. The Morgan fingerprint density at radius 1 is 1.23 bits per heavy atom. The number of carbonyl (C=O) groups excluding carboxylic acids is 3. The molecular weight excluding hydrogens is 360 g/mol. The second kappa shape index (κ2) is 7.86. The number of nitrogens with zero attached hydrogens (tertiary/aromatic N) is 1. The molecule has 1 unspecified atom stereocenters. The molecule has 2 rings (SSSR count). The zero-order valence-electron chi connectivity index (χ0n) is 14.7. The third-order valence-corrected chi connectivity index (χ3v) is 6.08. The summed E-state index contributed by atoms with van der Waals surface area (Å²) in [4.78, 5) is 36.9. The predicted octanol–water partition coefficient (Wildman–Crippen LogP) is 1.11. The summed E-state index contributed by atoms with van der Waals surface area (Å²) >= 11 is 0. The highest BCUT2D eigenvalue weighted by molar-refractivity contribution is 7.91. The summed E-state index contributed by atoms with van der Waals surface area (Å²) < 4.78 is 29.2. The maximum atomic E-state index is 12.2. The first kappa shape index (κ1) is 19.9. The van der Waals surface area contributed by atoms with Crippen LogP contribution in [0.2, 0.25) is 0 Å². The number of rotatable bonds is 8. The fraction of sp³-hybridized carbons (Fsp3) is 0.471. The van der Waals surface area contributed by atoms with Crippen molar-refractivity contribution in [2.75, 3.05) is 18.9 Å². The van der Waals surface area contributed by atoms with Gasteiger partial charge in [0.2, 0.25) is 0 Å². The number of sulfone groups is 1. The highest BCUT2D eigenvalue weighted by atomic mass is 32.2. The first-order valence-electron chi connectivity index (χ1n) is 8.27. The topological polar surface area (TPSA) is 110 Å². The predicted molar refractivity (Wildman–Crippen MR) is 93.0 cm³/mol. The Labute approximate surface area is 152 Å². The van der Waals surface area contributed by atoms with E-state index in [1.807, 2.05) is 0 Å². The molecule has 3 amide bonds. The molecule has 9 heteroatoms. The average Bonchev–Trinajstić information content (AvgIpc) is 2.83. The number of hydrogen-bond acceptors (Lipinski definition) is 6. The fourth-order valence-electron chi connectivity index (χ4n) is 2.49. The van der Waals surface area contributed by atoms with Gasteiger partial charge in [0.05, 0.1) is 17.3 Å². The van der Waals surface area contributed by atoms with E-state index in [4.69, 9.17) is 4.74 Å². The van der Waals surface area contributed by atoms with Gasteiger partial charge in [0.25, 0.3) is 5.91 Å². The number of amides is 3. The number of nitrogens with one attached hydrogen (secondary N) is 1. The van der Waals surface area contributed by atoms with Crippen LogP contribution in [0.4, 0.5) is 4.79 Å². The maximum absolute atomic E-state index is 12.2. The molecule has 1 aromatic rings.